The molecule has 2 nitrogen and oxygen atoms in total. The van der Waals surface area contributed by atoms with Gasteiger partial charge in [-0.1, -0.05) is 25.4 Å². The van der Waals surface area contributed by atoms with Gasteiger partial charge in [0.1, 0.15) is 6.04 Å². The first-order chi connectivity index (χ1) is 7.11. The van der Waals surface area contributed by atoms with Crippen molar-refractivity contribution in [1.82, 2.24) is 0 Å². The first-order valence-electron chi connectivity index (χ1n) is 5.03. The van der Waals surface area contributed by atoms with E-state index in [0.717, 1.165) is 12.1 Å². The van der Waals surface area contributed by atoms with Crippen LogP contribution >= 0.6 is 11.6 Å². The lowest BCUT2D eigenvalue weighted by Crippen LogP contribution is -2.19. The Kier molecular flexibility index (Phi) is 4.45. The highest BCUT2D eigenvalue weighted by atomic mass is 35.5. The molecule has 0 spiro atoms. The highest BCUT2D eigenvalue weighted by molar-refractivity contribution is 6.30. The molecule has 1 aromatic carbocycles. The van der Waals surface area contributed by atoms with Crippen molar-refractivity contribution in [3.8, 4) is 6.07 Å². The molecule has 3 heteroatoms. The van der Waals surface area contributed by atoms with Crippen molar-refractivity contribution in [3.63, 3.8) is 0 Å². The number of hydrogen-bond donors (Lipinski definition) is 1. The third-order valence-corrected chi connectivity index (χ3v) is 2.30. The van der Waals surface area contributed by atoms with Crippen LogP contribution in [0.15, 0.2) is 24.3 Å². The molecule has 0 radical (unpaired) electrons. The Morgan fingerprint density at radius 3 is 2.40 bits per heavy atom. The summed E-state index contributed by atoms with van der Waals surface area (Å²) in [6.45, 7) is 4.21. The molecule has 80 valence electrons. The summed E-state index contributed by atoms with van der Waals surface area (Å²) in [5, 5.41) is 12.8. The maximum atomic E-state index is 8.95. The van der Waals surface area contributed by atoms with Gasteiger partial charge in [0.25, 0.3) is 0 Å². The van der Waals surface area contributed by atoms with E-state index < -0.39 is 0 Å². The van der Waals surface area contributed by atoms with Gasteiger partial charge < -0.3 is 5.32 Å². The summed E-state index contributed by atoms with van der Waals surface area (Å²) >= 11 is 5.77. The molecule has 15 heavy (non-hydrogen) atoms. The summed E-state index contributed by atoms with van der Waals surface area (Å²) < 4.78 is 0. The van der Waals surface area contributed by atoms with Crippen molar-refractivity contribution in [2.45, 2.75) is 26.3 Å². The molecule has 1 aromatic rings. The van der Waals surface area contributed by atoms with Crippen LogP contribution in [0.1, 0.15) is 20.3 Å². The zero-order valence-electron chi connectivity index (χ0n) is 9.00. The Morgan fingerprint density at radius 2 is 1.93 bits per heavy atom. The summed E-state index contributed by atoms with van der Waals surface area (Å²) in [5.41, 5.74) is 0.937. The van der Waals surface area contributed by atoms with E-state index in [4.69, 9.17) is 16.9 Å². The molecule has 1 N–H and O–H groups in total. The minimum Gasteiger partial charge on any atom is -0.370 e. The predicted molar refractivity (Wildman–Crippen MR) is 63.9 cm³/mol. The lowest BCUT2D eigenvalue weighted by atomic mass is 10.0. The van der Waals surface area contributed by atoms with Crippen LogP contribution in [-0.4, -0.2) is 6.04 Å². The van der Waals surface area contributed by atoms with E-state index in [-0.39, 0.29) is 6.04 Å². The van der Waals surface area contributed by atoms with Crippen molar-refractivity contribution in [2.24, 2.45) is 5.92 Å². The number of nitrogens with zero attached hydrogens (tertiary/aromatic N) is 1. The Bertz CT molecular complexity index is 338. The van der Waals surface area contributed by atoms with Gasteiger partial charge in [-0.05, 0) is 36.6 Å². The molecular weight excluding hydrogens is 208 g/mol. The Labute approximate surface area is 95.9 Å². The standard InChI is InChI=1S/C12H15ClN2/c1-9(2)7-12(8-14)15-11-5-3-10(13)4-6-11/h3-6,9,12,15H,7H2,1-2H3. The zero-order chi connectivity index (χ0) is 11.3. The zero-order valence-corrected chi connectivity index (χ0v) is 9.75. The van der Waals surface area contributed by atoms with Crippen LogP contribution in [0.4, 0.5) is 5.69 Å². The molecule has 0 amide bonds. The quantitative estimate of drug-likeness (QED) is 0.844. The first-order valence-corrected chi connectivity index (χ1v) is 5.41. The topological polar surface area (TPSA) is 35.8 Å². The van der Waals surface area contributed by atoms with Crippen molar-refractivity contribution >= 4 is 17.3 Å². The van der Waals surface area contributed by atoms with Gasteiger partial charge in [0.15, 0.2) is 0 Å². The first kappa shape index (κ1) is 11.9. The molecule has 1 rings (SSSR count). The smallest absolute Gasteiger partial charge is 0.114 e. The van der Waals surface area contributed by atoms with Crippen LogP contribution in [0.2, 0.25) is 5.02 Å². The molecule has 0 saturated heterocycles. The van der Waals surface area contributed by atoms with Gasteiger partial charge in [-0.15, -0.1) is 0 Å². The number of anilines is 1. The van der Waals surface area contributed by atoms with E-state index in [0.29, 0.717) is 10.9 Å². The van der Waals surface area contributed by atoms with Crippen molar-refractivity contribution in [1.29, 1.82) is 5.26 Å². The van der Waals surface area contributed by atoms with Crippen molar-refractivity contribution < 1.29 is 0 Å². The summed E-state index contributed by atoms with van der Waals surface area (Å²) in [4.78, 5) is 0. The monoisotopic (exact) mass is 222 g/mol. The Hall–Kier alpha value is -1.20. The maximum absolute atomic E-state index is 8.95. The van der Waals surface area contributed by atoms with Crippen LogP contribution in [0.5, 0.6) is 0 Å². The molecule has 1 unspecified atom stereocenters. The lowest BCUT2D eigenvalue weighted by molar-refractivity contribution is 0.568. The van der Waals surface area contributed by atoms with Gasteiger partial charge in [0.2, 0.25) is 0 Å². The summed E-state index contributed by atoms with van der Waals surface area (Å²) in [5.74, 6) is 0.509. The highest BCUT2D eigenvalue weighted by Gasteiger charge is 2.08. The van der Waals surface area contributed by atoms with Gasteiger partial charge in [-0.25, -0.2) is 0 Å². The van der Waals surface area contributed by atoms with Crippen molar-refractivity contribution in [3.05, 3.63) is 29.3 Å². The average Bonchev–Trinajstić information content (AvgIpc) is 2.19. The normalized spacial score (nSPS) is 12.2. The van der Waals surface area contributed by atoms with E-state index in [9.17, 15) is 0 Å². The fourth-order valence-corrected chi connectivity index (χ4v) is 1.49. The van der Waals surface area contributed by atoms with E-state index in [1.807, 2.05) is 24.3 Å². The van der Waals surface area contributed by atoms with Crippen LogP contribution in [0.3, 0.4) is 0 Å². The second-order valence-electron chi connectivity index (χ2n) is 3.96. The molecule has 0 aromatic heterocycles. The second-order valence-corrected chi connectivity index (χ2v) is 4.40. The van der Waals surface area contributed by atoms with Crippen molar-refractivity contribution in [2.75, 3.05) is 5.32 Å². The summed E-state index contributed by atoms with van der Waals surface area (Å²) in [7, 11) is 0. The maximum Gasteiger partial charge on any atom is 0.114 e. The van der Waals surface area contributed by atoms with Gasteiger partial charge in [-0.3, -0.25) is 0 Å². The molecule has 0 bridgehead atoms. The average molecular weight is 223 g/mol. The molecule has 1 atom stereocenters. The van der Waals surface area contributed by atoms with Crippen LogP contribution < -0.4 is 5.32 Å². The molecule has 0 saturated carbocycles. The number of halogens is 1. The Morgan fingerprint density at radius 1 is 1.33 bits per heavy atom. The number of hydrogen-bond acceptors (Lipinski definition) is 2. The van der Waals surface area contributed by atoms with Gasteiger partial charge in [-0.2, -0.15) is 5.26 Å². The fraction of sp³-hybridized carbons (Fsp3) is 0.417. The molecular formula is C12H15ClN2. The largest absolute Gasteiger partial charge is 0.370 e. The minimum atomic E-state index is -0.133. The molecule has 0 aliphatic heterocycles. The SMILES string of the molecule is CC(C)CC(C#N)Nc1ccc(Cl)cc1. The highest BCUT2D eigenvalue weighted by Crippen LogP contribution is 2.16. The van der Waals surface area contributed by atoms with Gasteiger partial charge >= 0.3 is 0 Å². The molecule has 0 aliphatic carbocycles. The summed E-state index contributed by atoms with van der Waals surface area (Å²) in [6, 6.07) is 9.51. The fourth-order valence-electron chi connectivity index (χ4n) is 1.36. The van der Waals surface area contributed by atoms with E-state index in [1.54, 1.807) is 0 Å². The number of nitriles is 1. The third-order valence-electron chi connectivity index (χ3n) is 2.05. The number of nitrogens with one attached hydrogen (secondary N) is 1. The van der Waals surface area contributed by atoms with Gasteiger partial charge in [0, 0.05) is 10.7 Å². The van der Waals surface area contributed by atoms with Crippen LogP contribution in [-0.2, 0) is 0 Å². The number of benzene rings is 1. The molecule has 0 aliphatic rings. The minimum absolute atomic E-state index is 0.133. The predicted octanol–water partition coefficient (Wildman–Crippen LogP) is 3.69. The van der Waals surface area contributed by atoms with E-state index in [2.05, 4.69) is 25.2 Å². The lowest BCUT2D eigenvalue weighted by Gasteiger charge is -2.14. The number of rotatable bonds is 4. The van der Waals surface area contributed by atoms with Gasteiger partial charge in [0.05, 0.1) is 6.07 Å². The molecule has 0 heterocycles. The summed E-state index contributed by atoms with van der Waals surface area (Å²) in [6.07, 6.45) is 0.846. The molecule has 0 fully saturated rings. The third kappa shape index (κ3) is 4.22. The second kappa shape index (κ2) is 5.63. The Balaban J connectivity index is 2.60. The van der Waals surface area contributed by atoms with Crippen LogP contribution in [0.25, 0.3) is 0 Å². The van der Waals surface area contributed by atoms with Crippen LogP contribution in [0, 0.1) is 17.2 Å². The van der Waals surface area contributed by atoms with E-state index in [1.165, 1.54) is 0 Å². The van der Waals surface area contributed by atoms with E-state index >= 15 is 0 Å².